The van der Waals surface area contributed by atoms with Gasteiger partial charge in [-0.3, -0.25) is 0 Å². The third kappa shape index (κ3) is 2.34. The second kappa shape index (κ2) is 4.98. The number of anilines is 1. The second-order valence-electron chi connectivity index (χ2n) is 4.57. The minimum Gasteiger partial charge on any atom is -0.367 e. The summed E-state index contributed by atoms with van der Waals surface area (Å²) in [6, 6.07) is 4.59. The third-order valence-electron chi connectivity index (χ3n) is 2.64. The summed E-state index contributed by atoms with van der Waals surface area (Å²) >= 11 is 5.95. The van der Waals surface area contributed by atoms with E-state index in [0.29, 0.717) is 23.6 Å². The lowest BCUT2D eigenvalue weighted by Crippen LogP contribution is -1.99. The van der Waals surface area contributed by atoms with E-state index in [4.69, 9.17) is 21.9 Å². The van der Waals surface area contributed by atoms with Gasteiger partial charge < -0.3 is 10.3 Å². The Morgan fingerprint density at radius 2 is 2.17 bits per heavy atom. The minimum absolute atomic E-state index is 0.0378. The van der Waals surface area contributed by atoms with Crippen LogP contribution >= 0.6 is 11.6 Å². The van der Waals surface area contributed by atoms with E-state index in [1.54, 1.807) is 12.1 Å². The number of rotatable bonds is 3. The monoisotopic (exact) mass is 268 g/mol. The van der Waals surface area contributed by atoms with Crippen LogP contribution in [-0.4, -0.2) is 5.16 Å². The quantitative estimate of drug-likeness (QED) is 0.918. The molecular weight excluding hydrogens is 255 g/mol. The zero-order chi connectivity index (χ0) is 13.3. The van der Waals surface area contributed by atoms with Gasteiger partial charge in [-0.25, -0.2) is 4.39 Å². The lowest BCUT2D eigenvalue weighted by molar-refractivity contribution is 0.438. The molecule has 0 unspecified atom stereocenters. The van der Waals surface area contributed by atoms with Gasteiger partial charge in [0, 0.05) is 11.1 Å². The van der Waals surface area contributed by atoms with Gasteiger partial charge in [-0.2, -0.15) is 0 Å². The molecule has 1 heterocycles. The van der Waals surface area contributed by atoms with Crippen molar-refractivity contribution in [2.45, 2.75) is 20.3 Å². The van der Waals surface area contributed by atoms with Gasteiger partial charge in [-0.05, 0) is 18.4 Å². The standard InChI is InChI=1S/C13H14ClFN2O/c1-7(2)6-9-12(17-18-13(9)16)8-4-3-5-10(15)11(8)14/h3-5,7H,6,16H2,1-2H3. The van der Waals surface area contributed by atoms with Crippen molar-refractivity contribution in [3.63, 3.8) is 0 Å². The van der Waals surface area contributed by atoms with Crippen molar-refractivity contribution in [1.82, 2.24) is 5.16 Å². The molecule has 18 heavy (non-hydrogen) atoms. The summed E-state index contributed by atoms with van der Waals surface area (Å²) in [5.74, 6) is 0.169. The molecule has 0 saturated heterocycles. The number of nitrogen functional groups attached to an aromatic ring is 1. The Labute approximate surface area is 110 Å². The first-order valence-electron chi connectivity index (χ1n) is 5.69. The first-order chi connectivity index (χ1) is 8.50. The maximum absolute atomic E-state index is 13.4. The normalized spacial score (nSPS) is 11.2. The van der Waals surface area contributed by atoms with Crippen LogP contribution in [0.25, 0.3) is 11.3 Å². The molecule has 3 nitrogen and oxygen atoms in total. The molecule has 0 saturated carbocycles. The van der Waals surface area contributed by atoms with E-state index < -0.39 is 5.82 Å². The van der Waals surface area contributed by atoms with Crippen LogP contribution in [0.3, 0.4) is 0 Å². The molecule has 1 aromatic carbocycles. The zero-order valence-corrected chi connectivity index (χ0v) is 11.0. The van der Waals surface area contributed by atoms with Gasteiger partial charge in [0.15, 0.2) is 0 Å². The van der Waals surface area contributed by atoms with Crippen molar-refractivity contribution in [1.29, 1.82) is 0 Å². The molecule has 0 bridgehead atoms. The number of halogens is 2. The predicted molar refractivity (Wildman–Crippen MR) is 69.9 cm³/mol. The highest BCUT2D eigenvalue weighted by molar-refractivity contribution is 6.33. The number of benzene rings is 1. The van der Waals surface area contributed by atoms with E-state index in [1.807, 2.05) is 0 Å². The van der Waals surface area contributed by atoms with Gasteiger partial charge in [-0.15, -0.1) is 0 Å². The van der Waals surface area contributed by atoms with Gasteiger partial charge >= 0.3 is 0 Å². The maximum Gasteiger partial charge on any atom is 0.225 e. The largest absolute Gasteiger partial charge is 0.367 e. The van der Waals surface area contributed by atoms with Crippen molar-refractivity contribution >= 4 is 17.5 Å². The molecule has 0 atom stereocenters. The van der Waals surface area contributed by atoms with E-state index in [1.165, 1.54) is 6.07 Å². The molecule has 0 fully saturated rings. The van der Waals surface area contributed by atoms with Gasteiger partial charge in [-0.1, -0.05) is 42.7 Å². The Hall–Kier alpha value is -1.55. The van der Waals surface area contributed by atoms with Crippen LogP contribution in [0.2, 0.25) is 5.02 Å². The average Bonchev–Trinajstić information content (AvgIpc) is 2.64. The lowest BCUT2D eigenvalue weighted by Gasteiger charge is -2.06. The van der Waals surface area contributed by atoms with E-state index in [2.05, 4.69) is 19.0 Å². The fraction of sp³-hybridized carbons (Fsp3) is 0.308. The highest BCUT2D eigenvalue weighted by atomic mass is 35.5. The molecule has 0 aliphatic heterocycles. The van der Waals surface area contributed by atoms with Crippen LogP contribution in [0.5, 0.6) is 0 Å². The van der Waals surface area contributed by atoms with Crippen LogP contribution in [0, 0.1) is 11.7 Å². The minimum atomic E-state index is -0.480. The molecule has 5 heteroatoms. The molecule has 2 N–H and O–H groups in total. The van der Waals surface area contributed by atoms with Crippen molar-refractivity contribution in [2.24, 2.45) is 5.92 Å². The van der Waals surface area contributed by atoms with Gasteiger partial charge in [0.1, 0.15) is 11.5 Å². The topological polar surface area (TPSA) is 52.0 Å². The molecule has 1 aromatic heterocycles. The maximum atomic E-state index is 13.4. The summed E-state index contributed by atoms with van der Waals surface area (Å²) in [4.78, 5) is 0. The number of nitrogens with two attached hydrogens (primary N) is 1. The Kier molecular flexibility index (Phi) is 3.57. The molecular formula is C13H14ClFN2O. The summed E-state index contributed by atoms with van der Waals surface area (Å²) in [6.07, 6.45) is 0.706. The molecule has 2 rings (SSSR count). The fourth-order valence-corrected chi connectivity index (χ4v) is 2.04. The first-order valence-corrected chi connectivity index (χ1v) is 6.07. The fourth-order valence-electron chi connectivity index (χ4n) is 1.83. The molecule has 0 aliphatic carbocycles. The smallest absolute Gasteiger partial charge is 0.225 e. The molecule has 0 spiro atoms. The molecule has 0 radical (unpaired) electrons. The highest BCUT2D eigenvalue weighted by Gasteiger charge is 2.19. The third-order valence-corrected chi connectivity index (χ3v) is 3.02. The van der Waals surface area contributed by atoms with E-state index in [9.17, 15) is 4.39 Å². The number of hydrogen-bond donors (Lipinski definition) is 1. The Morgan fingerprint density at radius 3 is 2.83 bits per heavy atom. The van der Waals surface area contributed by atoms with Crippen molar-refractivity contribution in [3.05, 3.63) is 34.6 Å². The van der Waals surface area contributed by atoms with Gasteiger partial charge in [0.2, 0.25) is 5.88 Å². The van der Waals surface area contributed by atoms with E-state index >= 15 is 0 Å². The van der Waals surface area contributed by atoms with Crippen LogP contribution in [0.1, 0.15) is 19.4 Å². The second-order valence-corrected chi connectivity index (χ2v) is 4.95. The van der Waals surface area contributed by atoms with E-state index in [-0.39, 0.29) is 10.9 Å². The zero-order valence-electron chi connectivity index (χ0n) is 10.2. The first kappa shape index (κ1) is 12.9. The molecule has 96 valence electrons. The van der Waals surface area contributed by atoms with Crippen LogP contribution in [0.15, 0.2) is 22.7 Å². The number of nitrogens with zero attached hydrogens (tertiary/aromatic N) is 1. The Bertz CT molecular complexity index is 566. The average molecular weight is 269 g/mol. The summed E-state index contributed by atoms with van der Waals surface area (Å²) in [5.41, 5.74) is 7.55. The van der Waals surface area contributed by atoms with Crippen LogP contribution < -0.4 is 5.73 Å². The SMILES string of the molecule is CC(C)Cc1c(-c2cccc(F)c2Cl)noc1N. The number of hydrogen-bond acceptors (Lipinski definition) is 3. The summed E-state index contributed by atoms with van der Waals surface area (Å²) in [7, 11) is 0. The summed E-state index contributed by atoms with van der Waals surface area (Å²) in [6.45, 7) is 4.12. The lowest BCUT2D eigenvalue weighted by atomic mass is 9.99. The van der Waals surface area contributed by atoms with Gasteiger partial charge in [0.05, 0.1) is 5.02 Å². The Balaban J connectivity index is 2.54. The van der Waals surface area contributed by atoms with Crippen molar-refractivity contribution < 1.29 is 8.91 Å². The van der Waals surface area contributed by atoms with Crippen molar-refractivity contribution in [3.8, 4) is 11.3 Å². The van der Waals surface area contributed by atoms with Crippen LogP contribution in [-0.2, 0) is 6.42 Å². The van der Waals surface area contributed by atoms with Crippen molar-refractivity contribution in [2.75, 3.05) is 5.73 Å². The summed E-state index contributed by atoms with van der Waals surface area (Å²) in [5, 5.41) is 3.93. The Morgan fingerprint density at radius 1 is 1.44 bits per heavy atom. The summed E-state index contributed by atoms with van der Waals surface area (Å²) < 4.78 is 18.4. The molecule has 0 amide bonds. The number of aromatic nitrogens is 1. The molecule has 0 aliphatic rings. The predicted octanol–water partition coefficient (Wildman–Crippen LogP) is 3.91. The van der Waals surface area contributed by atoms with E-state index in [0.717, 1.165) is 5.56 Å². The van der Waals surface area contributed by atoms with Gasteiger partial charge in [0.25, 0.3) is 0 Å². The highest BCUT2D eigenvalue weighted by Crippen LogP contribution is 2.34. The molecule has 2 aromatic rings. The van der Waals surface area contributed by atoms with Crippen LogP contribution in [0.4, 0.5) is 10.3 Å².